The van der Waals surface area contributed by atoms with Crippen molar-refractivity contribution in [1.29, 1.82) is 0 Å². The second-order valence-corrected chi connectivity index (χ2v) is 8.76. The lowest BCUT2D eigenvalue weighted by Gasteiger charge is -2.34. The van der Waals surface area contributed by atoms with Crippen LogP contribution in [0.4, 0.5) is 20.3 Å². The van der Waals surface area contributed by atoms with Gasteiger partial charge in [0.1, 0.15) is 10.6 Å². The molecule has 0 aromatic carbocycles. The number of morpholine rings is 1. The number of hydrogen-bond acceptors (Lipinski definition) is 7. The molecule has 4 rings (SSSR count). The minimum atomic E-state index is -3.92. The minimum Gasteiger partial charge on any atom is -0.378 e. The van der Waals surface area contributed by atoms with Crippen molar-refractivity contribution in [2.75, 3.05) is 61.6 Å². The molecule has 2 saturated heterocycles. The lowest BCUT2D eigenvalue weighted by molar-refractivity contribution is 0.115. The number of anilines is 2. The number of hydrogen-bond donors (Lipinski definition) is 0. The highest BCUT2D eigenvalue weighted by Crippen LogP contribution is 2.38. The molecule has 2 fully saturated rings. The van der Waals surface area contributed by atoms with E-state index in [1.165, 1.54) is 4.90 Å². The quantitative estimate of drug-likeness (QED) is 0.714. The fourth-order valence-corrected chi connectivity index (χ4v) is 5.23. The number of ether oxygens (including phenoxy) is 2. The van der Waals surface area contributed by atoms with Crippen LogP contribution in [0.2, 0.25) is 0 Å². The summed E-state index contributed by atoms with van der Waals surface area (Å²) in [5.41, 5.74) is -0.263. The molecule has 144 valence electrons. The lowest BCUT2D eigenvalue weighted by atomic mass is 10.2. The maximum Gasteiger partial charge on any atom is 0.239 e. The molecule has 0 unspecified atom stereocenters. The summed E-state index contributed by atoms with van der Waals surface area (Å²) >= 11 is 0. The summed E-state index contributed by atoms with van der Waals surface area (Å²) in [6.07, 6.45) is 1.63. The van der Waals surface area contributed by atoms with Gasteiger partial charge in [0, 0.05) is 32.8 Å². The summed E-state index contributed by atoms with van der Waals surface area (Å²) < 4.78 is 65.8. The fourth-order valence-electron chi connectivity index (χ4n) is 3.70. The Morgan fingerprint density at radius 2 is 1.92 bits per heavy atom. The van der Waals surface area contributed by atoms with Crippen molar-refractivity contribution in [3.05, 3.63) is 11.8 Å². The number of fused-ring (bicyclic) bond motifs is 1. The Kier molecular flexibility index (Phi) is 4.74. The molecular weight excluding hydrogens is 368 g/mol. The fraction of sp³-hybridized carbons (Fsp3) is 0.688. The van der Waals surface area contributed by atoms with Crippen LogP contribution in [-0.4, -0.2) is 71.3 Å². The number of aromatic nitrogens is 1. The second-order valence-electron chi connectivity index (χ2n) is 6.72. The highest BCUT2D eigenvalue weighted by atomic mass is 32.2. The van der Waals surface area contributed by atoms with Gasteiger partial charge in [-0.3, -0.25) is 0 Å². The van der Waals surface area contributed by atoms with E-state index in [1.807, 2.05) is 0 Å². The maximum atomic E-state index is 15.2. The van der Waals surface area contributed by atoms with Crippen LogP contribution in [0.5, 0.6) is 0 Å². The highest BCUT2D eigenvalue weighted by Gasteiger charge is 2.39. The van der Waals surface area contributed by atoms with Gasteiger partial charge in [-0.2, -0.15) is 9.37 Å². The van der Waals surface area contributed by atoms with Crippen molar-refractivity contribution >= 4 is 21.3 Å². The summed E-state index contributed by atoms with van der Waals surface area (Å²) in [4.78, 5) is 6.29. The minimum absolute atomic E-state index is 0.101. The molecule has 1 atom stereocenters. The molecular formula is C16H21F2N3O4S. The molecule has 26 heavy (non-hydrogen) atoms. The number of rotatable bonds is 3. The molecule has 3 aliphatic heterocycles. The monoisotopic (exact) mass is 389 g/mol. The summed E-state index contributed by atoms with van der Waals surface area (Å²) in [7, 11) is -3.92. The Bertz CT molecular complexity index is 793. The molecule has 0 bridgehead atoms. The van der Waals surface area contributed by atoms with Crippen molar-refractivity contribution in [2.24, 2.45) is 0 Å². The SMILES string of the molecule is O=S1(=O)CCN(C[C@@H]2CCCO2)c2c(F)nc(N3CCOCC3)c(F)c21. The van der Waals surface area contributed by atoms with E-state index in [2.05, 4.69) is 4.98 Å². The van der Waals surface area contributed by atoms with Crippen LogP contribution in [0.1, 0.15) is 12.8 Å². The average Bonchev–Trinajstić information content (AvgIpc) is 3.13. The molecule has 0 N–H and O–H groups in total. The van der Waals surface area contributed by atoms with E-state index in [9.17, 15) is 12.8 Å². The van der Waals surface area contributed by atoms with Crippen LogP contribution in [0, 0.1) is 11.8 Å². The van der Waals surface area contributed by atoms with Gasteiger partial charge in [-0.15, -0.1) is 0 Å². The third-order valence-electron chi connectivity index (χ3n) is 5.03. The van der Waals surface area contributed by atoms with E-state index in [0.717, 1.165) is 12.8 Å². The third kappa shape index (κ3) is 3.14. The number of halogens is 2. The van der Waals surface area contributed by atoms with Gasteiger partial charge in [-0.05, 0) is 12.8 Å². The number of nitrogens with zero attached hydrogens (tertiary/aromatic N) is 3. The zero-order valence-electron chi connectivity index (χ0n) is 14.3. The van der Waals surface area contributed by atoms with E-state index in [0.29, 0.717) is 39.5 Å². The first-order valence-electron chi connectivity index (χ1n) is 8.78. The molecule has 0 spiro atoms. The van der Waals surface area contributed by atoms with Crippen LogP contribution < -0.4 is 9.80 Å². The smallest absolute Gasteiger partial charge is 0.239 e. The predicted octanol–water partition coefficient (Wildman–Crippen LogP) is 0.969. The van der Waals surface area contributed by atoms with Crippen LogP contribution in [0.15, 0.2) is 4.90 Å². The molecule has 4 heterocycles. The Morgan fingerprint density at radius 1 is 1.15 bits per heavy atom. The van der Waals surface area contributed by atoms with Crippen molar-refractivity contribution in [3.63, 3.8) is 0 Å². The normalized spacial score (nSPS) is 25.4. The molecule has 0 radical (unpaired) electrons. The highest BCUT2D eigenvalue weighted by molar-refractivity contribution is 7.91. The number of sulfone groups is 1. The van der Waals surface area contributed by atoms with E-state index < -0.39 is 26.5 Å². The molecule has 0 amide bonds. The first-order chi connectivity index (χ1) is 12.5. The summed E-state index contributed by atoms with van der Waals surface area (Å²) in [6, 6.07) is 0. The van der Waals surface area contributed by atoms with Crippen molar-refractivity contribution in [2.45, 2.75) is 23.8 Å². The second kappa shape index (κ2) is 6.90. The van der Waals surface area contributed by atoms with E-state index in [1.54, 1.807) is 4.90 Å². The van der Waals surface area contributed by atoms with E-state index >= 15 is 4.39 Å². The van der Waals surface area contributed by atoms with Crippen LogP contribution in [0.3, 0.4) is 0 Å². The lowest BCUT2D eigenvalue weighted by Crippen LogP contribution is -2.42. The first-order valence-corrected chi connectivity index (χ1v) is 10.4. The van der Waals surface area contributed by atoms with Crippen LogP contribution in [-0.2, 0) is 19.3 Å². The van der Waals surface area contributed by atoms with Gasteiger partial charge in [0.05, 0.1) is 25.1 Å². The Balaban J connectivity index is 1.76. The molecule has 3 aliphatic rings. The zero-order valence-corrected chi connectivity index (χ0v) is 15.1. The van der Waals surface area contributed by atoms with Gasteiger partial charge >= 0.3 is 0 Å². The zero-order chi connectivity index (χ0) is 18.3. The third-order valence-corrected chi connectivity index (χ3v) is 6.74. The summed E-state index contributed by atoms with van der Waals surface area (Å²) in [5, 5.41) is 0. The van der Waals surface area contributed by atoms with Crippen molar-refractivity contribution in [3.8, 4) is 0 Å². The maximum absolute atomic E-state index is 15.2. The van der Waals surface area contributed by atoms with Crippen molar-refractivity contribution < 1.29 is 26.7 Å². The Hall–Kier alpha value is -1.52. The van der Waals surface area contributed by atoms with Gasteiger partial charge in [-0.25, -0.2) is 12.8 Å². The van der Waals surface area contributed by atoms with Crippen molar-refractivity contribution in [1.82, 2.24) is 4.98 Å². The van der Waals surface area contributed by atoms with Gasteiger partial charge < -0.3 is 19.3 Å². The topological polar surface area (TPSA) is 72.0 Å². The molecule has 0 saturated carbocycles. The molecule has 0 aliphatic carbocycles. The number of pyridine rings is 1. The predicted molar refractivity (Wildman–Crippen MR) is 90.4 cm³/mol. The largest absolute Gasteiger partial charge is 0.378 e. The Labute approximate surface area is 150 Å². The van der Waals surface area contributed by atoms with Gasteiger partial charge in [0.25, 0.3) is 0 Å². The molecule has 1 aromatic rings. The van der Waals surface area contributed by atoms with Gasteiger partial charge in [0.2, 0.25) is 5.95 Å². The molecule has 7 nitrogen and oxygen atoms in total. The van der Waals surface area contributed by atoms with Crippen LogP contribution in [0.25, 0.3) is 0 Å². The van der Waals surface area contributed by atoms with Gasteiger partial charge in [0.15, 0.2) is 21.5 Å². The van der Waals surface area contributed by atoms with E-state index in [4.69, 9.17) is 9.47 Å². The Morgan fingerprint density at radius 3 is 2.62 bits per heavy atom. The molecule has 10 heteroatoms. The average molecular weight is 389 g/mol. The van der Waals surface area contributed by atoms with Gasteiger partial charge in [-0.1, -0.05) is 0 Å². The standard InChI is InChI=1S/C16H21F2N3O4S/c17-12-14-13(15(18)19-16(12)20-3-7-24-8-4-20)21(5-9-26(14,22)23)10-11-2-1-6-25-11/h11H,1-10H2/t11-/m0/s1. The summed E-state index contributed by atoms with van der Waals surface area (Å²) in [6.45, 7) is 2.45. The van der Waals surface area contributed by atoms with Crippen LogP contribution >= 0.6 is 0 Å². The first kappa shape index (κ1) is 17.9. The molecule has 1 aromatic heterocycles. The van der Waals surface area contributed by atoms with E-state index in [-0.39, 0.29) is 29.9 Å². The summed E-state index contributed by atoms with van der Waals surface area (Å²) in [5.74, 6) is -2.44.